The Balaban J connectivity index is 1.75. The highest BCUT2D eigenvalue weighted by Crippen LogP contribution is 2.27. The van der Waals surface area contributed by atoms with Crippen LogP contribution in [0.2, 0.25) is 0 Å². The number of amides is 1. The second-order valence-electron chi connectivity index (χ2n) is 8.51. The minimum Gasteiger partial charge on any atom is -0.392 e. The van der Waals surface area contributed by atoms with Gasteiger partial charge in [0.05, 0.1) is 18.6 Å². The number of hydrogen-bond acceptors (Lipinski definition) is 5. The molecule has 1 aromatic rings. The average Bonchev–Trinajstić information content (AvgIpc) is 2.74. The SMILES string of the molecule is N[C@@H](Cc1ccccc1)[C@@H](O)CCCC(=O)N[C@@H](CC1CCCCC1)C(=O)CC=O. The summed E-state index contributed by atoms with van der Waals surface area (Å²) >= 11 is 0. The quantitative estimate of drug-likeness (QED) is 0.338. The van der Waals surface area contributed by atoms with E-state index in [-0.39, 0.29) is 30.6 Å². The second-order valence-corrected chi connectivity index (χ2v) is 8.51. The van der Waals surface area contributed by atoms with Crippen LogP contribution < -0.4 is 11.1 Å². The van der Waals surface area contributed by atoms with Crippen LogP contribution in [-0.2, 0) is 20.8 Å². The van der Waals surface area contributed by atoms with Crippen LogP contribution in [0.25, 0.3) is 0 Å². The zero-order valence-corrected chi connectivity index (χ0v) is 17.8. The minimum atomic E-state index is -0.687. The predicted octanol–water partition coefficient (Wildman–Crippen LogP) is 2.70. The Morgan fingerprint density at radius 1 is 1.17 bits per heavy atom. The molecule has 1 aliphatic carbocycles. The highest BCUT2D eigenvalue weighted by molar-refractivity contribution is 5.95. The van der Waals surface area contributed by atoms with Gasteiger partial charge in [0.15, 0.2) is 5.78 Å². The fourth-order valence-corrected chi connectivity index (χ4v) is 4.23. The maximum absolute atomic E-state index is 12.4. The molecule has 0 bridgehead atoms. The van der Waals surface area contributed by atoms with Crippen LogP contribution >= 0.6 is 0 Å². The van der Waals surface area contributed by atoms with Crippen molar-refractivity contribution in [2.24, 2.45) is 11.7 Å². The summed E-state index contributed by atoms with van der Waals surface area (Å²) in [6.07, 6.45) is 7.80. The van der Waals surface area contributed by atoms with Crippen LogP contribution in [0.5, 0.6) is 0 Å². The molecule has 0 aromatic heterocycles. The number of rotatable bonds is 13. The molecule has 2 rings (SSSR count). The molecule has 1 amide bonds. The first-order valence-electron chi connectivity index (χ1n) is 11.2. The van der Waals surface area contributed by atoms with Gasteiger partial charge in [-0.2, -0.15) is 0 Å². The van der Waals surface area contributed by atoms with E-state index in [1.54, 1.807) is 0 Å². The van der Waals surface area contributed by atoms with Crippen molar-refractivity contribution in [1.29, 1.82) is 0 Å². The summed E-state index contributed by atoms with van der Waals surface area (Å²) in [4.78, 5) is 35.4. The Morgan fingerprint density at radius 2 is 1.87 bits per heavy atom. The van der Waals surface area contributed by atoms with Crippen LogP contribution in [0.1, 0.15) is 69.8 Å². The molecule has 0 aliphatic heterocycles. The zero-order valence-electron chi connectivity index (χ0n) is 17.8. The molecular formula is C24H36N2O4. The number of hydrogen-bond donors (Lipinski definition) is 3. The van der Waals surface area contributed by atoms with Crippen molar-refractivity contribution in [3.8, 4) is 0 Å². The van der Waals surface area contributed by atoms with Crippen molar-refractivity contribution in [2.45, 2.75) is 88.8 Å². The van der Waals surface area contributed by atoms with E-state index < -0.39 is 12.1 Å². The van der Waals surface area contributed by atoms with Crippen LogP contribution in [0, 0.1) is 5.92 Å². The molecule has 6 nitrogen and oxygen atoms in total. The normalized spacial score (nSPS) is 17.7. The molecule has 30 heavy (non-hydrogen) atoms. The first kappa shape index (κ1) is 24.2. The third-order valence-corrected chi connectivity index (χ3v) is 6.01. The lowest BCUT2D eigenvalue weighted by Crippen LogP contribution is -2.42. The smallest absolute Gasteiger partial charge is 0.220 e. The van der Waals surface area contributed by atoms with Crippen LogP contribution in [0.15, 0.2) is 30.3 Å². The number of ketones is 1. The molecule has 0 unspecified atom stereocenters. The monoisotopic (exact) mass is 416 g/mol. The van der Waals surface area contributed by atoms with E-state index in [1.807, 2.05) is 30.3 Å². The van der Waals surface area contributed by atoms with Crippen molar-refractivity contribution in [2.75, 3.05) is 0 Å². The molecule has 1 aromatic carbocycles. The van der Waals surface area contributed by atoms with E-state index in [4.69, 9.17) is 5.73 Å². The number of nitrogens with two attached hydrogens (primary N) is 1. The van der Waals surface area contributed by atoms with Crippen molar-refractivity contribution in [3.63, 3.8) is 0 Å². The van der Waals surface area contributed by atoms with Gasteiger partial charge in [-0.1, -0.05) is 62.4 Å². The molecule has 6 heteroatoms. The highest BCUT2D eigenvalue weighted by atomic mass is 16.3. The summed E-state index contributed by atoms with van der Waals surface area (Å²) in [5, 5.41) is 13.1. The van der Waals surface area contributed by atoms with E-state index in [9.17, 15) is 19.5 Å². The number of carbonyl (C=O) groups is 3. The van der Waals surface area contributed by atoms with Crippen molar-refractivity contribution >= 4 is 18.0 Å². The van der Waals surface area contributed by atoms with Crippen LogP contribution in [0.4, 0.5) is 0 Å². The molecule has 0 heterocycles. The van der Waals surface area contributed by atoms with Gasteiger partial charge in [0.1, 0.15) is 6.29 Å². The highest BCUT2D eigenvalue weighted by Gasteiger charge is 2.25. The molecule has 1 saturated carbocycles. The first-order chi connectivity index (χ1) is 14.5. The van der Waals surface area contributed by atoms with Gasteiger partial charge in [-0.05, 0) is 37.2 Å². The molecule has 0 radical (unpaired) electrons. The topological polar surface area (TPSA) is 109 Å². The van der Waals surface area contributed by atoms with Gasteiger partial charge in [0, 0.05) is 12.5 Å². The van der Waals surface area contributed by atoms with E-state index in [2.05, 4.69) is 5.32 Å². The Labute approximate surface area is 179 Å². The number of nitrogens with one attached hydrogen (secondary N) is 1. The van der Waals surface area contributed by atoms with Crippen molar-refractivity contribution in [1.82, 2.24) is 5.32 Å². The fourth-order valence-electron chi connectivity index (χ4n) is 4.23. The maximum atomic E-state index is 12.4. The van der Waals surface area contributed by atoms with Gasteiger partial charge in [-0.15, -0.1) is 0 Å². The lowest BCUT2D eigenvalue weighted by atomic mass is 9.83. The van der Waals surface area contributed by atoms with E-state index in [0.29, 0.717) is 37.9 Å². The third-order valence-electron chi connectivity index (χ3n) is 6.01. The van der Waals surface area contributed by atoms with Gasteiger partial charge in [0.25, 0.3) is 0 Å². The molecule has 3 atom stereocenters. The zero-order chi connectivity index (χ0) is 21.8. The lowest BCUT2D eigenvalue weighted by molar-refractivity contribution is -0.129. The van der Waals surface area contributed by atoms with Crippen LogP contribution in [0.3, 0.4) is 0 Å². The third kappa shape index (κ3) is 8.76. The van der Waals surface area contributed by atoms with Crippen molar-refractivity contribution in [3.05, 3.63) is 35.9 Å². The van der Waals surface area contributed by atoms with Crippen molar-refractivity contribution < 1.29 is 19.5 Å². The summed E-state index contributed by atoms with van der Waals surface area (Å²) in [5.74, 6) is 0.00481. The molecule has 0 spiro atoms. The standard InChI is InChI=1S/C24H36N2O4/c25-20(16-18-8-3-1-4-9-18)22(28)12-7-13-24(30)26-21(23(29)14-15-27)17-19-10-5-2-6-11-19/h1,3-4,8-9,15,19-22,28H,2,5-7,10-14,16-17,25H2,(H,26,30)/t20-,21-,22-/m0/s1. The van der Waals surface area contributed by atoms with Gasteiger partial charge < -0.3 is 21.0 Å². The van der Waals surface area contributed by atoms with Gasteiger partial charge in [-0.25, -0.2) is 0 Å². The van der Waals surface area contributed by atoms with Gasteiger partial charge >= 0.3 is 0 Å². The maximum Gasteiger partial charge on any atom is 0.220 e. The van der Waals surface area contributed by atoms with Gasteiger partial charge in [-0.3, -0.25) is 9.59 Å². The molecule has 0 saturated heterocycles. The summed E-state index contributed by atoms with van der Waals surface area (Å²) in [6.45, 7) is 0. The minimum absolute atomic E-state index is 0.162. The fraction of sp³-hybridized carbons (Fsp3) is 0.625. The Morgan fingerprint density at radius 3 is 2.53 bits per heavy atom. The number of benzene rings is 1. The molecule has 1 fully saturated rings. The summed E-state index contributed by atoms with van der Waals surface area (Å²) in [6, 6.07) is 8.79. The largest absolute Gasteiger partial charge is 0.392 e. The summed E-state index contributed by atoms with van der Waals surface area (Å²) in [7, 11) is 0. The van der Waals surface area contributed by atoms with Crippen LogP contribution in [-0.4, -0.2) is 41.3 Å². The number of aliphatic hydroxyl groups excluding tert-OH is 1. The Kier molecular flexibility index (Phi) is 10.7. The number of aldehydes is 1. The molecule has 166 valence electrons. The first-order valence-corrected chi connectivity index (χ1v) is 11.2. The number of aliphatic hydroxyl groups is 1. The molecular weight excluding hydrogens is 380 g/mol. The van der Waals surface area contributed by atoms with E-state index >= 15 is 0 Å². The second kappa shape index (κ2) is 13.3. The summed E-state index contributed by atoms with van der Waals surface area (Å²) in [5.41, 5.74) is 7.17. The summed E-state index contributed by atoms with van der Waals surface area (Å²) < 4.78 is 0. The Bertz CT molecular complexity index is 658. The molecule has 1 aliphatic rings. The number of carbonyl (C=O) groups excluding carboxylic acids is 3. The lowest BCUT2D eigenvalue weighted by Gasteiger charge is -2.26. The number of Topliss-reactive ketones (excluding diaryl/α,β-unsaturated/α-hetero) is 1. The molecule has 4 N–H and O–H groups in total. The van der Waals surface area contributed by atoms with Gasteiger partial charge in [0.2, 0.25) is 5.91 Å². The average molecular weight is 417 g/mol. The Hall–Kier alpha value is -2.05. The predicted molar refractivity (Wildman–Crippen MR) is 117 cm³/mol. The van der Waals surface area contributed by atoms with E-state index in [1.165, 1.54) is 6.42 Å². The van der Waals surface area contributed by atoms with E-state index in [0.717, 1.165) is 31.2 Å².